The van der Waals surface area contributed by atoms with Crippen LogP contribution >= 0.6 is 0 Å². The molecule has 5 nitrogen and oxygen atoms in total. The Balaban J connectivity index is 1.36. The predicted molar refractivity (Wildman–Crippen MR) is 119 cm³/mol. The van der Waals surface area contributed by atoms with E-state index in [1.807, 2.05) is 0 Å². The molecule has 0 spiro atoms. The van der Waals surface area contributed by atoms with Gasteiger partial charge in [0.2, 0.25) is 5.95 Å². The number of para-hydroxylation sites is 2. The molecule has 5 heteroatoms. The number of piperazine rings is 1. The highest BCUT2D eigenvalue weighted by molar-refractivity contribution is 5.79. The van der Waals surface area contributed by atoms with Gasteiger partial charge < -0.3 is 14.4 Å². The molecule has 0 bridgehead atoms. The van der Waals surface area contributed by atoms with Gasteiger partial charge in [0.15, 0.2) is 0 Å². The van der Waals surface area contributed by atoms with Crippen molar-refractivity contribution in [3.05, 3.63) is 60.2 Å². The highest BCUT2D eigenvalue weighted by Crippen LogP contribution is 2.33. The van der Waals surface area contributed by atoms with Crippen molar-refractivity contribution >= 4 is 17.0 Å². The molecule has 5 rings (SSSR count). The second kappa shape index (κ2) is 8.17. The molecule has 29 heavy (non-hydrogen) atoms. The van der Waals surface area contributed by atoms with Crippen LogP contribution in [-0.4, -0.2) is 65.7 Å². The van der Waals surface area contributed by atoms with Crippen molar-refractivity contribution in [2.75, 3.05) is 51.2 Å². The Labute approximate surface area is 173 Å². The van der Waals surface area contributed by atoms with Crippen molar-refractivity contribution in [3.63, 3.8) is 0 Å². The van der Waals surface area contributed by atoms with Crippen molar-refractivity contribution < 1.29 is 0 Å². The number of piperidine rings is 1. The molecule has 2 aliphatic heterocycles. The van der Waals surface area contributed by atoms with E-state index >= 15 is 0 Å². The highest BCUT2D eigenvalue weighted by Gasteiger charge is 2.27. The van der Waals surface area contributed by atoms with Crippen molar-refractivity contribution in [2.24, 2.45) is 0 Å². The second-order valence-corrected chi connectivity index (χ2v) is 8.55. The van der Waals surface area contributed by atoms with Gasteiger partial charge in [-0.25, -0.2) is 4.98 Å². The third-order valence-electron chi connectivity index (χ3n) is 6.53. The molecule has 152 valence electrons. The Morgan fingerprint density at radius 3 is 2.28 bits per heavy atom. The summed E-state index contributed by atoms with van der Waals surface area (Å²) in [6.45, 7) is 7.70. The molecule has 2 aliphatic rings. The van der Waals surface area contributed by atoms with Crippen LogP contribution in [0.15, 0.2) is 54.6 Å². The van der Waals surface area contributed by atoms with Gasteiger partial charge in [-0.1, -0.05) is 42.5 Å². The molecule has 1 aromatic heterocycles. The first-order valence-electron chi connectivity index (χ1n) is 10.9. The first-order chi connectivity index (χ1) is 14.3. The van der Waals surface area contributed by atoms with Crippen LogP contribution in [0.1, 0.15) is 24.4 Å². The Morgan fingerprint density at radius 2 is 1.52 bits per heavy atom. The zero-order valence-electron chi connectivity index (χ0n) is 17.4. The average molecular weight is 390 g/mol. The summed E-state index contributed by atoms with van der Waals surface area (Å²) in [7, 11) is 2.21. The summed E-state index contributed by atoms with van der Waals surface area (Å²) in [5.74, 6) is 1.18. The lowest BCUT2D eigenvalue weighted by molar-refractivity contribution is 0.181. The first kappa shape index (κ1) is 18.6. The number of rotatable bonds is 4. The smallest absolute Gasteiger partial charge is 0.206 e. The summed E-state index contributed by atoms with van der Waals surface area (Å²) in [5, 5.41) is 0. The van der Waals surface area contributed by atoms with Gasteiger partial charge in [0.1, 0.15) is 0 Å². The molecule has 0 unspecified atom stereocenters. The molecular weight excluding hydrogens is 358 g/mol. The van der Waals surface area contributed by atoms with E-state index in [0.29, 0.717) is 6.04 Å². The molecule has 3 aromatic rings. The number of aromatic nitrogens is 2. The average Bonchev–Trinajstić information content (AvgIpc) is 3.15. The Hall–Kier alpha value is -2.37. The van der Waals surface area contributed by atoms with Gasteiger partial charge in [-0.2, -0.15) is 0 Å². The van der Waals surface area contributed by atoms with Crippen molar-refractivity contribution in [2.45, 2.75) is 25.4 Å². The van der Waals surface area contributed by atoms with Crippen LogP contribution in [0.3, 0.4) is 0 Å². The maximum atomic E-state index is 5.08. The highest BCUT2D eigenvalue weighted by atomic mass is 15.4. The fourth-order valence-corrected chi connectivity index (χ4v) is 4.80. The van der Waals surface area contributed by atoms with Crippen LogP contribution in [0.25, 0.3) is 11.0 Å². The van der Waals surface area contributed by atoms with Gasteiger partial charge in [0, 0.05) is 51.9 Å². The third-order valence-corrected chi connectivity index (χ3v) is 6.53. The summed E-state index contributed by atoms with van der Waals surface area (Å²) in [6, 6.07) is 20.1. The van der Waals surface area contributed by atoms with Crippen LogP contribution in [0.4, 0.5) is 5.95 Å². The number of benzene rings is 2. The number of anilines is 1. The number of imidazole rings is 1. The van der Waals surface area contributed by atoms with Gasteiger partial charge in [-0.3, -0.25) is 4.90 Å². The molecule has 0 saturated carbocycles. The topological polar surface area (TPSA) is 27.5 Å². The zero-order chi connectivity index (χ0) is 19.6. The van der Waals surface area contributed by atoms with E-state index in [9.17, 15) is 0 Å². The quantitative estimate of drug-likeness (QED) is 0.681. The van der Waals surface area contributed by atoms with E-state index in [-0.39, 0.29) is 0 Å². The molecule has 0 N–H and O–H groups in total. The standard InChI is InChI=1S/C24H31N5/c1-26-15-17-28(18-16-26)24-25-22-9-5-6-10-23(22)29(24)21-11-13-27(14-12-21)19-20-7-3-2-4-8-20/h2-10,21H,11-19H2,1H3. The monoisotopic (exact) mass is 389 g/mol. The fraction of sp³-hybridized carbons (Fsp3) is 0.458. The van der Waals surface area contributed by atoms with Gasteiger partial charge in [-0.15, -0.1) is 0 Å². The number of nitrogens with zero attached hydrogens (tertiary/aromatic N) is 5. The summed E-state index contributed by atoms with van der Waals surface area (Å²) in [6.07, 6.45) is 2.38. The van der Waals surface area contributed by atoms with E-state index in [4.69, 9.17) is 4.98 Å². The van der Waals surface area contributed by atoms with Crippen molar-refractivity contribution in [3.8, 4) is 0 Å². The maximum absolute atomic E-state index is 5.08. The minimum atomic E-state index is 0.532. The number of fused-ring (bicyclic) bond motifs is 1. The lowest BCUT2D eigenvalue weighted by atomic mass is 10.0. The summed E-state index contributed by atoms with van der Waals surface area (Å²) < 4.78 is 2.56. The molecule has 0 radical (unpaired) electrons. The molecule has 0 atom stereocenters. The first-order valence-corrected chi connectivity index (χ1v) is 10.9. The van der Waals surface area contributed by atoms with Gasteiger partial charge in [-0.05, 0) is 37.6 Å². The predicted octanol–water partition coefficient (Wildman–Crippen LogP) is 3.63. The summed E-state index contributed by atoms with van der Waals surface area (Å²) >= 11 is 0. The van der Waals surface area contributed by atoms with E-state index in [2.05, 4.69) is 80.9 Å². The van der Waals surface area contributed by atoms with E-state index < -0.39 is 0 Å². The third kappa shape index (κ3) is 3.89. The normalized spacial score (nSPS) is 19.8. The molecule has 2 fully saturated rings. The molecule has 2 saturated heterocycles. The SMILES string of the molecule is CN1CCN(c2nc3ccccc3n2C2CCN(Cc3ccccc3)CC2)CC1. The Bertz CT molecular complexity index is 934. The number of hydrogen-bond acceptors (Lipinski definition) is 4. The van der Waals surface area contributed by atoms with E-state index in [1.54, 1.807) is 0 Å². The summed E-state index contributed by atoms with van der Waals surface area (Å²) in [4.78, 5) is 12.6. The van der Waals surface area contributed by atoms with Crippen LogP contribution in [0.2, 0.25) is 0 Å². The molecule has 3 heterocycles. The fourth-order valence-electron chi connectivity index (χ4n) is 4.80. The minimum absolute atomic E-state index is 0.532. The summed E-state index contributed by atoms with van der Waals surface area (Å²) in [5.41, 5.74) is 3.84. The maximum Gasteiger partial charge on any atom is 0.206 e. The molecule has 0 aliphatic carbocycles. The van der Waals surface area contributed by atoms with Crippen molar-refractivity contribution in [1.82, 2.24) is 19.4 Å². The van der Waals surface area contributed by atoms with E-state index in [1.165, 1.54) is 29.9 Å². The van der Waals surface area contributed by atoms with Gasteiger partial charge in [0.25, 0.3) is 0 Å². The molecular formula is C24H31N5. The minimum Gasteiger partial charge on any atom is -0.340 e. The Kier molecular flexibility index (Phi) is 5.25. The number of likely N-dealkylation sites (tertiary alicyclic amines) is 1. The van der Waals surface area contributed by atoms with E-state index in [0.717, 1.165) is 51.3 Å². The second-order valence-electron chi connectivity index (χ2n) is 8.55. The Morgan fingerprint density at radius 1 is 0.828 bits per heavy atom. The molecule has 2 aromatic carbocycles. The van der Waals surface area contributed by atoms with Gasteiger partial charge in [0.05, 0.1) is 11.0 Å². The number of hydrogen-bond donors (Lipinski definition) is 0. The van der Waals surface area contributed by atoms with Crippen LogP contribution in [-0.2, 0) is 6.54 Å². The zero-order valence-corrected chi connectivity index (χ0v) is 17.4. The van der Waals surface area contributed by atoms with Crippen molar-refractivity contribution in [1.29, 1.82) is 0 Å². The lowest BCUT2D eigenvalue weighted by Crippen LogP contribution is -2.46. The van der Waals surface area contributed by atoms with Gasteiger partial charge >= 0.3 is 0 Å². The molecule has 0 amide bonds. The largest absolute Gasteiger partial charge is 0.340 e. The lowest BCUT2D eigenvalue weighted by Gasteiger charge is -2.37. The van der Waals surface area contributed by atoms with Crippen LogP contribution in [0.5, 0.6) is 0 Å². The van der Waals surface area contributed by atoms with Crippen LogP contribution < -0.4 is 4.90 Å². The van der Waals surface area contributed by atoms with Crippen LogP contribution in [0, 0.1) is 0 Å². The number of likely N-dealkylation sites (N-methyl/N-ethyl adjacent to an activating group) is 1.